The molecule has 1 aromatic heterocycles. The molecule has 0 atom stereocenters. The highest BCUT2D eigenvalue weighted by atomic mass is 16.5. The summed E-state index contributed by atoms with van der Waals surface area (Å²) in [6.07, 6.45) is 0.707. The quantitative estimate of drug-likeness (QED) is 0.833. The third-order valence-electron chi connectivity index (χ3n) is 2.57. The highest BCUT2D eigenvalue weighted by molar-refractivity contribution is 5.87. The van der Waals surface area contributed by atoms with Crippen LogP contribution in [0.15, 0.2) is 24.3 Å². The number of ether oxygens (including phenoxy) is 1. The Kier molecular flexibility index (Phi) is 4.48. The number of aryl methyl sites for hydroxylation is 1. The number of carbonyl (C=O) groups is 1. The molecule has 2 aromatic rings. The Bertz CT molecular complexity index is 583. The molecule has 0 bridgehead atoms. The van der Waals surface area contributed by atoms with Gasteiger partial charge in [-0.05, 0) is 29.3 Å². The second-order valence-electron chi connectivity index (χ2n) is 4.08. The summed E-state index contributed by atoms with van der Waals surface area (Å²) < 4.78 is 5.14. The van der Waals surface area contributed by atoms with Gasteiger partial charge in [-0.3, -0.25) is 5.32 Å². The van der Waals surface area contributed by atoms with E-state index in [0.29, 0.717) is 13.0 Å². The molecule has 0 aliphatic rings. The Morgan fingerprint density at radius 1 is 1.45 bits per heavy atom. The average Bonchev–Trinajstić information content (AvgIpc) is 2.84. The second-order valence-corrected chi connectivity index (χ2v) is 4.08. The minimum absolute atomic E-state index is 0.173. The fourth-order valence-electron chi connectivity index (χ4n) is 1.63. The molecule has 0 saturated heterocycles. The van der Waals surface area contributed by atoms with Crippen LogP contribution in [0.1, 0.15) is 5.56 Å². The van der Waals surface area contributed by atoms with E-state index in [1.165, 1.54) is 4.80 Å². The maximum atomic E-state index is 11.6. The maximum absolute atomic E-state index is 11.6. The van der Waals surface area contributed by atoms with Crippen molar-refractivity contribution in [2.75, 3.05) is 19.0 Å². The van der Waals surface area contributed by atoms with Gasteiger partial charge in [-0.15, -0.1) is 5.10 Å². The number of aromatic nitrogens is 4. The molecule has 0 fully saturated rings. The van der Waals surface area contributed by atoms with Gasteiger partial charge in [-0.25, -0.2) is 4.79 Å². The number of carbonyl (C=O) groups excluding carboxylic acids is 1. The van der Waals surface area contributed by atoms with Crippen molar-refractivity contribution in [2.24, 2.45) is 7.05 Å². The Balaban J connectivity index is 1.76. The van der Waals surface area contributed by atoms with Crippen LogP contribution in [0.5, 0.6) is 5.75 Å². The van der Waals surface area contributed by atoms with Gasteiger partial charge in [0.1, 0.15) is 5.75 Å². The summed E-state index contributed by atoms with van der Waals surface area (Å²) in [5.41, 5.74) is 1.09. The minimum atomic E-state index is -0.360. The molecular weight excluding hydrogens is 260 g/mol. The number of hydrogen-bond acceptors (Lipinski definition) is 5. The van der Waals surface area contributed by atoms with Crippen LogP contribution in [0.4, 0.5) is 10.7 Å². The fraction of sp³-hybridized carbons (Fsp3) is 0.333. The number of benzene rings is 1. The van der Waals surface area contributed by atoms with Gasteiger partial charge in [-0.2, -0.15) is 4.80 Å². The number of anilines is 1. The van der Waals surface area contributed by atoms with Crippen molar-refractivity contribution >= 4 is 12.0 Å². The summed E-state index contributed by atoms with van der Waals surface area (Å²) in [5.74, 6) is 0.974. The summed E-state index contributed by atoms with van der Waals surface area (Å²) in [4.78, 5) is 12.8. The van der Waals surface area contributed by atoms with E-state index in [2.05, 4.69) is 26.0 Å². The molecule has 0 radical (unpaired) electrons. The average molecular weight is 276 g/mol. The number of hydrogen-bond donors (Lipinski definition) is 2. The van der Waals surface area contributed by atoms with E-state index < -0.39 is 0 Å². The van der Waals surface area contributed by atoms with E-state index in [0.717, 1.165) is 11.3 Å². The van der Waals surface area contributed by atoms with Gasteiger partial charge < -0.3 is 10.1 Å². The highest BCUT2D eigenvalue weighted by Crippen LogP contribution is 2.12. The van der Waals surface area contributed by atoms with E-state index in [-0.39, 0.29) is 12.0 Å². The molecule has 1 heterocycles. The Hall–Kier alpha value is -2.64. The van der Waals surface area contributed by atoms with Crippen molar-refractivity contribution in [3.8, 4) is 5.75 Å². The highest BCUT2D eigenvalue weighted by Gasteiger charge is 2.05. The predicted octanol–water partition coefficient (Wildman–Crippen LogP) is 0.583. The summed E-state index contributed by atoms with van der Waals surface area (Å²) in [5, 5.41) is 16.3. The molecule has 106 valence electrons. The van der Waals surface area contributed by atoms with Crippen LogP contribution in [-0.2, 0) is 13.5 Å². The van der Waals surface area contributed by atoms with E-state index in [1.54, 1.807) is 14.2 Å². The van der Waals surface area contributed by atoms with Gasteiger partial charge >= 0.3 is 6.03 Å². The fourth-order valence-corrected chi connectivity index (χ4v) is 1.63. The van der Waals surface area contributed by atoms with Crippen molar-refractivity contribution in [1.29, 1.82) is 0 Å². The Labute approximate surface area is 116 Å². The van der Waals surface area contributed by atoms with Crippen molar-refractivity contribution in [3.05, 3.63) is 29.8 Å². The largest absolute Gasteiger partial charge is 0.497 e. The molecular formula is C12H16N6O2. The molecule has 20 heavy (non-hydrogen) atoms. The molecule has 2 amide bonds. The topological polar surface area (TPSA) is 94.0 Å². The number of methoxy groups -OCH3 is 1. The zero-order chi connectivity index (χ0) is 14.4. The lowest BCUT2D eigenvalue weighted by atomic mass is 10.1. The summed E-state index contributed by atoms with van der Waals surface area (Å²) in [6.45, 7) is 0.499. The number of tetrazole rings is 1. The van der Waals surface area contributed by atoms with E-state index in [9.17, 15) is 4.79 Å². The zero-order valence-corrected chi connectivity index (χ0v) is 11.3. The Morgan fingerprint density at radius 3 is 3.00 bits per heavy atom. The van der Waals surface area contributed by atoms with Crippen LogP contribution >= 0.6 is 0 Å². The van der Waals surface area contributed by atoms with Crippen LogP contribution in [0.2, 0.25) is 0 Å². The third kappa shape index (κ3) is 3.94. The van der Waals surface area contributed by atoms with Crippen molar-refractivity contribution in [2.45, 2.75) is 6.42 Å². The second kappa shape index (κ2) is 6.50. The van der Waals surface area contributed by atoms with Crippen LogP contribution in [0, 0.1) is 0 Å². The molecule has 8 nitrogen and oxygen atoms in total. The van der Waals surface area contributed by atoms with Gasteiger partial charge in [0.15, 0.2) is 0 Å². The molecule has 0 aliphatic heterocycles. The predicted molar refractivity (Wildman–Crippen MR) is 72.5 cm³/mol. The number of rotatable bonds is 5. The molecule has 2 rings (SSSR count). The first-order valence-electron chi connectivity index (χ1n) is 6.09. The molecule has 0 spiro atoms. The van der Waals surface area contributed by atoms with Gasteiger partial charge in [0.05, 0.1) is 14.2 Å². The monoisotopic (exact) mass is 276 g/mol. The molecule has 8 heteroatoms. The van der Waals surface area contributed by atoms with Crippen LogP contribution in [0.25, 0.3) is 0 Å². The molecule has 0 unspecified atom stereocenters. The smallest absolute Gasteiger partial charge is 0.321 e. The van der Waals surface area contributed by atoms with Crippen molar-refractivity contribution in [3.63, 3.8) is 0 Å². The van der Waals surface area contributed by atoms with Crippen LogP contribution < -0.4 is 15.4 Å². The molecule has 2 N–H and O–H groups in total. The van der Waals surface area contributed by atoms with E-state index >= 15 is 0 Å². The summed E-state index contributed by atoms with van der Waals surface area (Å²) in [6, 6.07) is 7.35. The molecule has 1 aromatic carbocycles. The number of amides is 2. The van der Waals surface area contributed by atoms with Gasteiger partial charge in [0, 0.05) is 6.54 Å². The van der Waals surface area contributed by atoms with Crippen LogP contribution in [-0.4, -0.2) is 39.9 Å². The lowest BCUT2D eigenvalue weighted by molar-refractivity contribution is 0.252. The van der Waals surface area contributed by atoms with E-state index in [1.807, 2.05) is 24.3 Å². The summed E-state index contributed by atoms with van der Waals surface area (Å²) in [7, 11) is 3.25. The van der Waals surface area contributed by atoms with Gasteiger partial charge in [0.2, 0.25) is 0 Å². The normalized spacial score (nSPS) is 10.1. The molecule has 0 saturated carbocycles. The minimum Gasteiger partial charge on any atom is -0.497 e. The van der Waals surface area contributed by atoms with Crippen LogP contribution in [0.3, 0.4) is 0 Å². The van der Waals surface area contributed by atoms with Crippen molar-refractivity contribution in [1.82, 2.24) is 25.5 Å². The Morgan fingerprint density at radius 2 is 2.30 bits per heavy atom. The van der Waals surface area contributed by atoms with Gasteiger partial charge in [0.25, 0.3) is 5.95 Å². The lowest BCUT2D eigenvalue weighted by Gasteiger charge is -2.06. The third-order valence-corrected chi connectivity index (χ3v) is 2.57. The maximum Gasteiger partial charge on any atom is 0.321 e. The zero-order valence-electron chi connectivity index (χ0n) is 11.3. The first-order chi connectivity index (χ1) is 9.67. The van der Waals surface area contributed by atoms with Crippen molar-refractivity contribution < 1.29 is 9.53 Å². The first-order valence-corrected chi connectivity index (χ1v) is 6.09. The number of urea groups is 1. The molecule has 0 aliphatic carbocycles. The lowest BCUT2D eigenvalue weighted by Crippen LogP contribution is -2.30. The number of nitrogens with zero attached hydrogens (tertiary/aromatic N) is 4. The van der Waals surface area contributed by atoms with E-state index in [4.69, 9.17) is 4.74 Å². The SMILES string of the molecule is COc1cccc(CCNC(=O)Nc2nnn(C)n2)c1. The summed E-state index contributed by atoms with van der Waals surface area (Å²) >= 11 is 0. The number of nitrogens with one attached hydrogen (secondary N) is 2. The van der Waals surface area contributed by atoms with Gasteiger partial charge in [-0.1, -0.05) is 17.2 Å². The first kappa shape index (κ1) is 13.8. The standard InChI is InChI=1S/C12H16N6O2/c1-18-16-11(15-17-18)14-12(19)13-7-6-9-4-3-5-10(8-9)20-2/h3-5,8H,6-7H2,1-2H3,(H2,13,14,16,19).